The van der Waals surface area contributed by atoms with Gasteiger partial charge < -0.3 is 9.84 Å². The summed E-state index contributed by atoms with van der Waals surface area (Å²) in [5, 5.41) is 9.23. The van der Waals surface area contributed by atoms with Crippen LogP contribution >= 0.6 is 0 Å². The van der Waals surface area contributed by atoms with Crippen molar-refractivity contribution < 1.29 is 18.6 Å². The summed E-state index contributed by atoms with van der Waals surface area (Å²) in [6.45, 7) is 3.28. The molecule has 0 aliphatic rings. The molecule has 0 radical (unpaired) electrons. The smallest absolute Gasteiger partial charge is 0.200 e. The summed E-state index contributed by atoms with van der Waals surface area (Å²) in [6, 6.07) is 2.50. The van der Waals surface area contributed by atoms with Gasteiger partial charge in [0.1, 0.15) is 0 Å². The van der Waals surface area contributed by atoms with Crippen LogP contribution in [0.25, 0.3) is 0 Å². The third kappa shape index (κ3) is 1.75. The van der Waals surface area contributed by atoms with Gasteiger partial charge in [-0.2, -0.15) is 4.39 Å². The minimum atomic E-state index is -1.21. The van der Waals surface area contributed by atoms with Crippen LogP contribution in [-0.2, 0) is 0 Å². The molecule has 2 nitrogen and oxygen atoms in total. The molecule has 0 aliphatic heterocycles. The maximum Gasteiger partial charge on any atom is 0.200 e. The van der Waals surface area contributed by atoms with Crippen LogP contribution in [0.4, 0.5) is 8.78 Å². The lowest BCUT2D eigenvalue weighted by atomic mass is 10.1. The Morgan fingerprint density at radius 1 is 1.43 bits per heavy atom. The van der Waals surface area contributed by atoms with Crippen LogP contribution in [0, 0.1) is 11.6 Å². The molecule has 0 saturated carbocycles. The summed E-state index contributed by atoms with van der Waals surface area (Å²) >= 11 is 0. The lowest BCUT2D eigenvalue weighted by molar-refractivity contribution is 0.221. The summed E-state index contributed by atoms with van der Waals surface area (Å²) < 4.78 is 30.9. The molecule has 4 heteroatoms. The predicted molar refractivity (Wildman–Crippen MR) is 48.1 cm³/mol. The lowest BCUT2D eigenvalue weighted by Crippen LogP contribution is -2.01. The Morgan fingerprint density at radius 2 is 2.07 bits per heavy atom. The van der Waals surface area contributed by atoms with Crippen molar-refractivity contribution in [1.82, 2.24) is 0 Å². The van der Waals surface area contributed by atoms with E-state index in [0.717, 1.165) is 6.08 Å². The minimum Gasteiger partial charge on any atom is -0.494 e. The van der Waals surface area contributed by atoms with E-state index in [4.69, 9.17) is 0 Å². The first-order valence-electron chi connectivity index (χ1n) is 3.94. The second-order valence-electron chi connectivity index (χ2n) is 2.67. The third-order valence-corrected chi connectivity index (χ3v) is 1.84. The van der Waals surface area contributed by atoms with Crippen LogP contribution in [-0.4, -0.2) is 12.2 Å². The quantitative estimate of drug-likeness (QED) is 0.758. The number of hydrogen-bond acceptors (Lipinski definition) is 2. The summed E-state index contributed by atoms with van der Waals surface area (Å²) in [4.78, 5) is 0. The molecule has 76 valence electrons. The average molecular weight is 200 g/mol. The molecule has 0 aliphatic carbocycles. The monoisotopic (exact) mass is 200 g/mol. The maximum absolute atomic E-state index is 13.2. The van der Waals surface area contributed by atoms with E-state index in [2.05, 4.69) is 11.3 Å². The topological polar surface area (TPSA) is 29.5 Å². The van der Waals surface area contributed by atoms with E-state index in [1.807, 2.05) is 0 Å². The van der Waals surface area contributed by atoms with E-state index in [9.17, 15) is 13.9 Å². The molecule has 0 amide bonds. The summed E-state index contributed by atoms with van der Waals surface area (Å²) in [5.41, 5.74) is -0.154. The van der Waals surface area contributed by atoms with Crippen LogP contribution in [0.2, 0.25) is 0 Å². The first kappa shape index (κ1) is 10.7. The Bertz CT molecular complexity index is 350. The maximum atomic E-state index is 13.2. The SMILES string of the molecule is C=CC(O)c1ccc(OC)c(F)c1F. The van der Waals surface area contributed by atoms with Crippen LogP contribution < -0.4 is 4.74 Å². The third-order valence-electron chi connectivity index (χ3n) is 1.84. The highest BCUT2D eigenvalue weighted by molar-refractivity contribution is 5.33. The van der Waals surface area contributed by atoms with Crippen LogP contribution in [0.15, 0.2) is 24.8 Å². The molecule has 1 aromatic rings. The number of rotatable bonds is 3. The number of aliphatic hydroxyl groups excluding tert-OH is 1. The Balaban J connectivity index is 3.23. The zero-order valence-electron chi connectivity index (χ0n) is 7.63. The standard InChI is InChI=1S/C10H10F2O2/c1-3-7(13)6-4-5-8(14-2)10(12)9(6)11/h3-5,7,13H,1H2,2H3. The van der Waals surface area contributed by atoms with Crippen LogP contribution in [0.1, 0.15) is 11.7 Å². The van der Waals surface area contributed by atoms with E-state index in [1.165, 1.54) is 19.2 Å². The van der Waals surface area contributed by atoms with E-state index in [-0.39, 0.29) is 11.3 Å². The van der Waals surface area contributed by atoms with Gasteiger partial charge in [-0.1, -0.05) is 6.08 Å². The number of hydrogen-bond donors (Lipinski definition) is 1. The Morgan fingerprint density at radius 3 is 2.57 bits per heavy atom. The van der Waals surface area contributed by atoms with Crippen molar-refractivity contribution in [3.63, 3.8) is 0 Å². The zero-order valence-corrected chi connectivity index (χ0v) is 7.63. The molecule has 0 spiro atoms. The molecule has 14 heavy (non-hydrogen) atoms. The highest BCUT2D eigenvalue weighted by Crippen LogP contribution is 2.26. The van der Waals surface area contributed by atoms with Crippen LogP contribution in [0.5, 0.6) is 5.75 Å². The predicted octanol–water partition coefficient (Wildman–Crippen LogP) is 2.19. The van der Waals surface area contributed by atoms with Gasteiger partial charge in [-0.25, -0.2) is 4.39 Å². The number of benzene rings is 1. The van der Waals surface area contributed by atoms with Crippen molar-refractivity contribution in [2.24, 2.45) is 0 Å². The fourth-order valence-electron chi connectivity index (χ4n) is 1.06. The normalized spacial score (nSPS) is 12.3. The Kier molecular flexibility index (Phi) is 3.19. The van der Waals surface area contributed by atoms with Gasteiger partial charge in [0.2, 0.25) is 5.82 Å². The lowest BCUT2D eigenvalue weighted by Gasteiger charge is -2.09. The second-order valence-corrected chi connectivity index (χ2v) is 2.67. The molecular formula is C10H10F2O2. The Hall–Kier alpha value is -1.42. The van der Waals surface area contributed by atoms with E-state index in [0.29, 0.717) is 0 Å². The molecule has 1 atom stereocenters. The average Bonchev–Trinajstić information content (AvgIpc) is 2.21. The number of aliphatic hydroxyl groups is 1. The molecule has 0 aromatic heterocycles. The van der Waals surface area contributed by atoms with Crippen LogP contribution in [0.3, 0.4) is 0 Å². The van der Waals surface area contributed by atoms with E-state index >= 15 is 0 Å². The summed E-state index contributed by atoms with van der Waals surface area (Å²) in [7, 11) is 1.24. The molecule has 1 unspecified atom stereocenters. The van der Waals surface area contributed by atoms with Crippen molar-refractivity contribution in [2.45, 2.75) is 6.10 Å². The number of methoxy groups -OCH3 is 1. The number of ether oxygens (including phenoxy) is 1. The fraction of sp³-hybridized carbons (Fsp3) is 0.200. The highest BCUT2D eigenvalue weighted by atomic mass is 19.2. The van der Waals surface area contributed by atoms with Crippen molar-refractivity contribution in [2.75, 3.05) is 7.11 Å². The van der Waals surface area contributed by atoms with E-state index in [1.54, 1.807) is 0 Å². The molecule has 1 N–H and O–H groups in total. The molecule has 1 rings (SSSR count). The van der Waals surface area contributed by atoms with Gasteiger partial charge in [0.15, 0.2) is 11.6 Å². The fourth-order valence-corrected chi connectivity index (χ4v) is 1.06. The second kappa shape index (κ2) is 4.19. The number of halogens is 2. The van der Waals surface area contributed by atoms with Gasteiger partial charge >= 0.3 is 0 Å². The summed E-state index contributed by atoms with van der Waals surface area (Å²) in [5.74, 6) is -2.41. The molecule has 0 fully saturated rings. The first-order chi connectivity index (χ1) is 6.61. The van der Waals surface area contributed by atoms with Gasteiger partial charge in [-0.15, -0.1) is 6.58 Å². The zero-order chi connectivity index (χ0) is 10.7. The van der Waals surface area contributed by atoms with Gasteiger partial charge in [0.05, 0.1) is 13.2 Å². The molecule has 0 heterocycles. The minimum absolute atomic E-state index is 0.154. The molecule has 1 aromatic carbocycles. The van der Waals surface area contributed by atoms with Crippen molar-refractivity contribution >= 4 is 0 Å². The van der Waals surface area contributed by atoms with Crippen molar-refractivity contribution in [3.8, 4) is 5.75 Å². The van der Waals surface area contributed by atoms with Gasteiger partial charge in [-0.3, -0.25) is 0 Å². The molecular weight excluding hydrogens is 190 g/mol. The van der Waals surface area contributed by atoms with Gasteiger partial charge in [-0.05, 0) is 12.1 Å². The largest absolute Gasteiger partial charge is 0.494 e. The van der Waals surface area contributed by atoms with Gasteiger partial charge in [0.25, 0.3) is 0 Å². The van der Waals surface area contributed by atoms with Crippen molar-refractivity contribution in [1.29, 1.82) is 0 Å². The van der Waals surface area contributed by atoms with Crippen molar-refractivity contribution in [3.05, 3.63) is 42.0 Å². The summed E-state index contributed by atoms with van der Waals surface area (Å²) in [6.07, 6.45) is -0.0972. The molecule has 0 bridgehead atoms. The van der Waals surface area contributed by atoms with E-state index < -0.39 is 17.7 Å². The Labute approximate surface area is 80.4 Å². The van der Waals surface area contributed by atoms with Gasteiger partial charge in [0, 0.05) is 5.56 Å². The first-order valence-corrected chi connectivity index (χ1v) is 3.94. The highest BCUT2D eigenvalue weighted by Gasteiger charge is 2.17. The molecule has 0 saturated heterocycles.